The zero-order valence-corrected chi connectivity index (χ0v) is 17.4. The Morgan fingerprint density at radius 1 is 1.03 bits per heavy atom. The van der Waals surface area contributed by atoms with Gasteiger partial charge >= 0.3 is 0 Å². The molecule has 1 saturated heterocycles. The zero-order chi connectivity index (χ0) is 22.0. The van der Waals surface area contributed by atoms with Gasteiger partial charge in [-0.25, -0.2) is 0 Å². The number of nitro groups is 1. The van der Waals surface area contributed by atoms with Crippen LogP contribution in [-0.4, -0.2) is 52.0 Å². The highest BCUT2D eigenvalue weighted by Gasteiger charge is 2.26. The molecule has 1 aliphatic heterocycles. The fraction of sp³-hybridized carbons (Fsp3) is 0.318. The van der Waals surface area contributed by atoms with Crippen molar-refractivity contribution in [1.82, 2.24) is 15.1 Å². The van der Waals surface area contributed by atoms with E-state index in [1.54, 1.807) is 19.1 Å². The molecule has 0 radical (unpaired) electrons. The van der Waals surface area contributed by atoms with Crippen molar-refractivity contribution in [3.05, 3.63) is 70.1 Å². The van der Waals surface area contributed by atoms with Crippen LogP contribution >= 0.6 is 0 Å². The van der Waals surface area contributed by atoms with Gasteiger partial charge in [0.2, 0.25) is 11.8 Å². The number of Topliss-reactive ketones (excluding diaryl/α,β-unsaturated/α-hetero) is 1. The number of piperazine rings is 1. The number of ketones is 1. The van der Waals surface area contributed by atoms with Gasteiger partial charge in [0.1, 0.15) is 0 Å². The number of aromatic nitrogens is 2. The normalized spacial score (nSPS) is 15.6. The minimum Gasteiger partial charge on any atom is -0.419 e. The van der Waals surface area contributed by atoms with E-state index < -0.39 is 4.92 Å². The third-order valence-electron chi connectivity index (χ3n) is 5.62. The molecule has 0 unspecified atom stereocenters. The average Bonchev–Trinajstić information content (AvgIpc) is 3.29. The number of nitro benzene ring substituents is 1. The van der Waals surface area contributed by atoms with Gasteiger partial charge in [-0.05, 0) is 50.2 Å². The maximum Gasteiger partial charge on any atom is 0.269 e. The summed E-state index contributed by atoms with van der Waals surface area (Å²) < 4.78 is 5.85. The minimum atomic E-state index is -0.442. The highest BCUT2D eigenvalue weighted by atomic mass is 16.6. The first-order chi connectivity index (χ1) is 14.9. The Morgan fingerprint density at radius 3 is 2.26 bits per heavy atom. The van der Waals surface area contributed by atoms with Crippen molar-refractivity contribution < 1.29 is 14.1 Å². The van der Waals surface area contributed by atoms with Crippen molar-refractivity contribution in [2.24, 2.45) is 0 Å². The van der Waals surface area contributed by atoms with E-state index in [-0.39, 0.29) is 17.5 Å². The van der Waals surface area contributed by atoms with E-state index >= 15 is 0 Å². The number of nitrogens with zero attached hydrogens (tertiary/aromatic N) is 5. The van der Waals surface area contributed by atoms with Crippen molar-refractivity contribution in [3.8, 4) is 11.5 Å². The average molecular weight is 421 g/mol. The van der Waals surface area contributed by atoms with Crippen LogP contribution in [0.15, 0.2) is 52.9 Å². The van der Waals surface area contributed by atoms with E-state index in [1.807, 2.05) is 31.2 Å². The molecule has 9 nitrogen and oxygen atoms in total. The highest BCUT2D eigenvalue weighted by molar-refractivity contribution is 5.94. The quantitative estimate of drug-likeness (QED) is 0.337. The Morgan fingerprint density at radius 2 is 1.68 bits per heavy atom. The molecule has 3 aromatic rings. The fourth-order valence-corrected chi connectivity index (χ4v) is 3.68. The largest absolute Gasteiger partial charge is 0.419 e. The maximum absolute atomic E-state index is 11.5. The number of hydrogen-bond acceptors (Lipinski definition) is 8. The van der Waals surface area contributed by atoms with Crippen LogP contribution in [0.3, 0.4) is 0 Å². The van der Waals surface area contributed by atoms with Crippen molar-refractivity contribution in [1.29, 1.82) is 0 Å². The number of non-ortho nitro benzene ring substituents is 1. The highest BCUT2D eigenvalue weighted by Crippen LogP contribution is 2.27. The smallest absolute Gasteiger partial charge is 0.269 e. The molecule has 0 bridgehead atoms. The third-order valence-corrected chi connectivity index (χ3v) is 5.62. The lowest BCUT2D eigenvalue weighted by molar-refractivity contribution is -0.384. The third kappa shape index (κ3) is 4.46. The van der Waals surface area contributed by atoms with Gasteiger partial charge in [-0.1, -0.05) is 0 Å². The summed E-state index contributed by atoms with van der Waals surface area (Å²) >= 11 is 0. The molecule has 0 aliphatic carbocycles. The van der Waals surface area contributed by atoms with Gasteiger partial charge in [-0.3, -0.25) is 19.8 Å². The van der Waals surface area contributed by atoms with Crippen molar-refractivity contribution in [3.63, 3.8) is 0 Å². The predicted molar refractivity (Wildman–Crippen MR) is 115 cm³/mol. The number of anilines is 1. The molecule has 2 heterocycles. The molecule has 0 amide bonds. The predicted octanol–water partition coefficient (Wildman–Crippen LogP) is 3.73. The lowest BCUT2D eigenvalue weighted by atomic mass is 10.1. The second-order valence-corrected chi connectivity index (χ2v) is 7.55. The van der Waals surface area contributed by atoms with Crippen LogP contribution in [0.1, 0.15) is 36.1 Å². The Hall–Kier alpha value is -3.59. The molecule has 1 atom stereocenters. The van der Waals surface area contributed by atoms with E-state index in [0.29, 0.717) is 17.3 Å². The SMILES string of the molecule is CC(=O)c1ccc(N2CCN([C@@H](C)c3nnc(-c4ccc([N+](=O)[O-])cc4)o3)CC2)cc1. The van der Waals surface area contributed by atoms with Crippen molar-refractivity contribution in [2.45, 2.75) is 19.9 Å². The minimum absolute atomic E-state index is 0.0191. The molecule has 0 N–H and O–H groups in total. The molecule has 9 heteroatoms. The van der Waals surface area contributed by atoms with E-state index in [2.05, 4.69) is 20.0 Å². The number of hydrogen-bond donors (Lipinski definition) is 0. The van der Waals surface area contributed by atoms with Gasteiger partial charge in [0.25, 0.3) is 5.69 Å². The Balaban J connectivity index is 1.38. The summed E-state index contributed by atoms with van der Waals surface area (Å²) in [4.78, 5) is 26.4. The first-order valence-corrected chi connectivity index (χ1v) is 10.1. The molecule has 160 valence electrons. The summed E-state index contributed by atoms with van der Waals surface area (Å²) in [5.74, 6) is 0.936. The van der Waals surface area contributed by atoms with Gasteiger partial charge in [0, 0.05) is 55.1 Å². The zero-order valence-electron chi connectivity index (χ0n) is 17.4. The summed E-state index contributed by atoms with van der Waals surface area (Å²) in [6, 6.07) is 13.7. The first-order valence-electron chi connectivity index (χ1n) is 10.1. The van der Waals surface area contributed by atoms with Gasteiger partial charge in [0.15, 0.2) is 5.78 Å². The summed E-state index contributed by atoms with van der Waals surface area (Å²) in [6.45, 7) is 6.99. The Kier molecular flexibility index (Phi) is 5.77. The number of rotatable bonds is 6. The van der Waals surface area contributed by atoms with Crippen LogP contribution in [-0.2, 0) is 0 Å². The van der Waals surface area contributed by atoms with Crippen LogP contribution in [0.5, 0.6) is 0 Å². The molecule has 0 saturated carbocycles. The first kappa shape index (κ1) is 20.7. The van der Waals surface area contributed by atoms with E-state index in [9.17, 15) is 14.9 Å². The Labute approximate surface area is 179 Å². The lowest BCUT2D eigenvalue weighted by Crippen LogP contribution is -2.47. The number of benzene rings is 2. The van der Waals surface area contributed by atoms with Gasteiger partial charge in [0.05, 0.1) is 11.0 Å². The standard InChI is InChI=1S/C22H23N5O4/c1-15(21-23-24-22(31-21)18-5-9-20(10-6-18)27(29)30)25-11-13-26(14-12-25)19-7-3-17(4-8-19)16(2)28/h3-10,15H,11-14H2,1-2H3/t15-/m0/s1. The molecule has 1 fully saturated rings. The summed E-state index contributed by atoms with van der Waals surface area (Å²) in [5.41, 5.74) is 2.49. The summed E-state index contributed by atoms with van der Waals surface area (Å²) in [6.07, 6.45) is 0. The molecule has 2 aromatic carbocycles. The monoisotopic (exact) mass is 421 g/mol. The van der Waals surface area contributed by atoms with E-state index in [0.717, 1.165) is 37.4 Å². The second kappa shape index (κ2) is 8.65. The van der Waals surface area contributed by atoms with E-state index in [1.165, 1.54) is 12.1 Å². The van der Waals surface area contributed by atoms with E-state index in [4.69, 9.17) is 4.42 Å². The summed E-state index contributed by atoms with van der Waals surface area (Å²) in [5, 5.41) is 19.1. The second-order valence-electron chi connectivity index (χ2n) is 7.55. The van der Waals surface area contributed by atoms with Crippen LogP contribution in [0, 0.1) is 10.1 Å². The van der Waals surface area contributed by atoms with Gasteiger partial charge in [-0.15, -0.1) is 10.2 Å². The lowest BCUT2D eigenvalue weighted by Gasteiger charge is -2.38. The van der Waals surface area contributed by atoms with Gasteiger partial charge in [-0.2, -0.15) is 0 Å². The van der Waals surface area contributed by atoms with Crippen molar-refractivity contribution >= 4 is 17.2 Å². The molecule has 4 rings (SSSR count). The molecular formula is C22H23N5O4. The number of carbonyl (C=O) groups excluding carboxylic acids is 1. The van der Waals surface area contributed by atoms with Crippen LogP contribution in [0.4, 0.5) is 11.4 Å². The summed E-state index contributed by atoms with van der Waals surface area (Å²) in [7, 11) is 0. The fourth-order valence-electron chi connectivity index (χ4n) is 3.68. The van der Waals surface area contributed by atoms with Crippen LogP contribution in [0.2, 0.25) is 0 Å². The molecule has 1 aromatic heterocycles. The number of carbonyl (C=O) groups is 1. The van der Waals surface area contributed by atoms with Crippen molar-refractivity contribution in [2.75, 3.05) is 31.1 Å². The topological polar surface area (TPSA) is 106 Å². The van der Waals surface area contributed by atoms with Gasteiger partial charge < -0.3 is 9.32 Å². The van der Waals surface area contributed by atoms with Crippen LogP contribution < -0.4 is 4.90 Å². The molecule has 31 heavy (non-hydrogen) atoms. The Bertz CT molecular complexity index is 1070. The van der Waals surface area contributed by atoms with Crippen LogP contribution in [0.25, 0.3) is 11.5 Å². The molecular weight excluding hydrogens is 398 g/mol. The molecule has 0 spiro atoms. The maximum atomic E-state index is 11.5. The molecule has 1 aliphatic rings.